The number of guanidine groups is 2. The van der Waals surface area contributed by atoms with Gasteiger partial charge < -0.3 is 20.9 Å². The number of anilines is 1. The molecule has 0 atom stereocenters. The molecule has 0 aliphatic rings. The van der Waals surface area contributed by atoms with Gasteiger partial charge in [0, 0.05) is 42.9 Å². The second kappa shape index (κ2) is 13.0. The van der Waals surface area contributed by atoms with E-state index in [0.29, 0.717) is 16.0 Å². The van der Waals surface area contributed by atoms with Crippen molar-refractivity contribution in [2.45, 2.75) is 25.7 Å². The predicted octanol–water partition coefficient (Wildman–Crippen LogP) is 5.01. The smallest absolute Gasteiger partial charge is 0.203 e. The van der Waals surface area contributed by atoms with E-state index in [1.807, 2.05) is 60.5 Å². The van der Waals surface area contributed by atoms with Crippen molar-refractivity contribution in [3.63, 3.8) is 0 Å². The van der Waals surface area contributed by atoms with E-state index in [2.05, 4.69) is 16.0 Å². The largest absolute Gasteiger partial charge is 0.360 e. The molecule has 0 spiro atoms. The second-order valence-electron chi connectivity index (χ2n) is 6.84. The van der Waals surface area contributed by atoms with E-state index in [4.69, 9.17) is 33.6 Å². The van der Waals surface area contributed by atoms with Gasteiger partial charge in [-0.2, -0.15) is 0 Å². The first-order valence-electron chi connectivity index (χ1n) is 10.1. The van der Waals surface area contributed by atoms with E-state index in [1.165, 1.54) is 0 Å². The minimum Gasteiger partial charge on any atom is -0.360 e. The van der Waals surface area contributed by atoms with Crippen LogP contribution >= 0.6 is 23.2 Å². The van der Waals surface area contributed by atoms with Crippen LogP contribution in [-0.4, -0.2) is 39.1 Å². The molecule has 0 saturated carbocycles. The number of aliphatic imine (C=N–C) groups is 1. The summed E-state index contributed by atoms with van der Waals surface area (Å²) in [6, 6.07) is 15.1. The van der Waals surface area contributed by atoms with Gasteiger partial charge in [-0.05, 0) is 61.4 Å². The van der Waals surface area contributed by atoms with Crippen molar-refractivity contribution < 1.29 is 0 Å². The van der Waals surface area contributed by atoms with Crippen LogP contribution in [0, 0.1) is 5.41 Å². The molecule has 0 saturated heterocycles. The number of rotatable bonds is 9. The average Bonchev–Trinajstić information content (AvgIpc) is 2.76. The Morgan fingerprint density at radius 3 is 1.97 bits per heavy atom. The van der Waals surface area contributed by atoms with Crippen molar-refractivity contribution in [2.24, 2.45) is 4.99 Å². The van der Waals surface area contributed by atoms with Gasteiger partial charge in [-0.1, -0.05) is 36.0 Å². The maximum atomic E-state index is 7.49. The molecule has 0 amide bonds. The number of nitrogens with one attached hydrogen (secondary N) is 4. The third kappa shape index (κ3) is 8.51. The monoisotopic (exact) mass is 448 g/mol. The minimum atomic E-state index is 0.366. The van der Waals surface area contributed by atoms with Crippen molar-refractivity contribution >= 4 is 46.5 Å². The third-order valence-corrected chi connectivity index (χ3v) is 5.04. The van der Waals surface area contributed by atoms with Crippen molar-refractivity contribution in [3.05, 3.63) is 58.6 Å². The number of nitrogens with zero attached hydrogens (tertiary/aromatic N) is 2. The van der Waals surface area contributed by atoms with Crippen LogP contribution in [-0.2, 0) is 0 Å². The summed E-state index contributed by atoms with van der Waals surface area (Å²) >= 11 is 12.0. The first kappa shape index (κ1) is 23.8. The van der Waals surface area contributed by atoms with Crippen LogP contribution in [0.3, 0.4) is 0 Å². The lowest BCUT2D eigenvalue weighted by Crippen LogP contribution is -2.39. The van der Waals surface area contributed by atoms with Crippen molar-refractivity contribution in [2.75, 3.05) is 32.1 Å². The summed E-state index contributed by atoms with van der Waals surface area (Å²) in [5.74, 6) is 1.13. The van der Waals surface area contributed by atoms with Gasteiger partial charge in [-0.15, -0.1) is 0 Å². The Balaban J connectivity index is 1.91. The molecular weight excluding hydrogens is 419 g/mol. The fraction of sp³-hybridized carbons (Fsp3) is 0.364. The summed E-state index contributed by atoms with van der Waals surface area (Å²) in [6.07, 6.45) is 4.31. The molecule has 0 unspecified atom stereocenters. The Kier molecular flexibility index (Phi) is 10.3. The third-order valence-electron chi connectivity index (χ3n) is 4.53. The number of unbranched alkanes of at least 4 members (excludes halogenated alkanes) is 3. The van der Waals surface area contributed by atoms with E-state index in [1.54, 1.807) is 7.05 Å². The first-order valence-corrected chi connectivity index (χ1v) is 10.8. The molecule has 2 aromatic carbocycles. The van der Waals surface area contributed by atoms with Gasteiger partial charge in [-0.3, -0.25) is 5.41 Å². The highest BCUT2D eigenvalue weighted by atomic mass is 35.5. The number of hydrogen-bond acceptors (Lipinski definition) is 2. The molecule has 162 valence electrons. The van der Waals surface area contributed by atoms with Crippen LogP contribution in [0.1, 0.15) is 25.7 Å². The van der Waals surface area contributed by atoms with Gasteiger partial charge in [0.2, 0.25) is 5.96 Å². The van der Waals surface area contributed by atoms with Gasteiger partial charge in [-0.25, -0.2) is 4.99 Å². The molecule has 4 N–H and O–H groups in total. The van der Waals surface area contributed by atoms with Gasteiger partial charge in [0.15, 0.2) is 5.96 Å². The number of hydrogen-bond donors (Lipinski definition) is 4. The predicted molar refractivity (Wildman–Crippen MR) is 130 cm³/mol. The van der Waals surface area contributed by atoms with E-state index in [-0.39, 0.29) is 0 Å². The normalized spacial score (nSPS) is 11.1. The molecule has 0 aromatic heterocycles. The van der Waals surface area contributed by atoms with Gasteiger partial charge in [0.25, 0.3) is 0 Å². The molecule has 0 bridgehead atoms. The fourth-order valence-electron chi connectivity index (χ4n) is 2.76. The maximum absolute atomic E-state index is 7.49. The number of halogens is 2. The van der Waals surface area contributed by atoms with Crippen molar-refractivity contribution in [1.29, 1.82) is 5.41 Å². The van der Waals surface area contributed by atoms with Crippen molar-refractivity contribution in [3.8, 4) is 0 Å². The lowest BCUT2D eigenvalue weighted by atomic mass is 10.2. The molecule has 8 heteroatoms. The molecule has 0 radical (unpaired) electrons. The van der Waals surface area contributed by atoms with E-state index in [9.17, 15) is 0 Å². The van der Waals surface area contributed by atoms with Crippen molar-refractivity contribution in [1.82, 2.24) is 16.0 Å². The average molecular weight is 449 g/mol. The summed E-state index contributed by atoms with van der Waals surface area (Å²) in [7, 11) is 3.72. The summed E-state index contributed by atoms with van der Waals surface area (Å²) in [5, 5.41) is 18.1. The zero-order valence-electron chi connectivity index (χ0n) is 17.5. The minimum absolute atomic E-state index is 0.366. The van der Waals surface area contributed by atoms with Crippen LogP contribution < -0.4 is 20.9 Å². The molecule has 0 aliphatic carbocycles. The topological polar surface area (TPSA) is 75.5 Å². The molecular formula is C22H30Cl2N6. The Morgan fingerprint density at radius 1 is 0.867 bits per heavy atom. The highest BCUT2D eigenvalue weighted by Gasteiger charge is 2.09. The van der Waals surface area contributed by atoms with Crippen LogP contribution in [0.4, 0.5) is 11.4 Å². The lowest BCUT2D eigenvalue weighted by molar-refractivity contribution is 0.620. The molecule has 2 rings (SSSR count). The lowest BCUT2D eigenvalue weighted by Gasteiger charge is -2.23. The van der Waals surface area contributed by atoms with E-state index >= 15 is 0 Å². The SMILES string of the molecule is CNC(=N)NCCCCCCNC(=Nc1ccc(Cl)cc1)N(C)c1ccc(Cl)cc1. The zero-order valence-corrected chi connectivity index (χ0v) is 19.0. The van der Waals surface area contributed by atoms with Gasteiger partial charge >= 0.3 is 0 Å². The second-order valence-corrected chi connectivity index (χ2v) is 7.71. The molecule has 2 aromatic rings. The molecule has 30 heavy (non-hydrogen) atoms. The van der Waals surface area contributed by atoms with Crippen LogP contribution in [0.15, 0.2) is 53.5 Å². The Labute approximate surface area is 189 Å². The van der Waals surface area contributed by atoms with Crippen LogP contribution in [0.2, 0.25) is 10.0 Å². The highest BCUT2D eigenvalue weighted by molar-refractivity contribution is 6.31. The van der Waals surface area contributed by atoms with Gasteiger partial charge in [0.05, 0.1) is 5.69 Å². The zero-order chi connectivity index (χ0) is 21.8. The summed E-state index contributed by atoms with van der Waals surface area (Å²) in [4.78, 5) is 6.79. The molecule has 0 heterocycles. The Bertz CT molecular complexity index is 805. The van der Waals surface area contributed by atoms with Crippen LogP contribution in [0.25, 0.3) is 0 Å². The van der Waals surface area contributed by atoms with E-state index in [0.717, 1.165) is 56.1 Å². The quantitative estimate of drug-likeness (QED) is 0.247. The Morgan fingerprint density at radius 2 is 1.40 bits per heavy atom. The van der Waals surface area contributed by atoms with E-state index < -0.39 is 0 Å². The summed E-state index contributed by atoms with van der Waals surface area (Å²) < 4.78 is 0. The standard InChI is InChI=1S/C22H30Cl2N6/c1-26-21(25)27-15-5-3-4-6-16-28-22(29-19-11-7-17(23)8-12-19)30(2)20-13-9-18(24)10-14-20/h7-14H,3-6,15-16H2,1-2H3,(H,28,29)(H3,25,26,27). The highest BCUT2D eigenvalue weighted by Crippen LogP contribution is 2.20. The molecule has 6 nitrogen and oxygen atoms in total. The van der Waals surface area contributed by atoms with Gasteiger partial charge in [0.1, 0.15) is 0 Å². The number of benzene rings is 2. The molecule has 0 fully saturated rings. The van der Waals surface area contributed by atoms with Crippen LogP contribution in [0.5, 0.6) is 0 Å². The Hall–Kier alpha value is -2.44. The first-order chi connectivity index (χ1) is 14.5. The molecule has 0 aliphatic heterocycles. The summed E-state index contributed by atoms with van der Waals surface area (Å²) in [6.45, 7) is 1.64. The fourth-order valence-corrected chi connectivity index (χ4v) is 3.02. The maximum Gasteiger partial charge on any atom is 0.203 e. The summed E-state index contributed by atoms with van der Waals surface area (Å²) in [5.41, 5.74) is 1.83.